The van der Waals surface area contributed by atoms with E-state index in [1.807, 2.05) is 18.3 Å². The van der Waals surface area contributed by atoms with Gasteiger partial charge in [0.2, 0.25) is 0 Å². The molecule has 1 fully saturated rings. The van der Waals surface area contributed by atoms with Crippen molar-refractivity contribution in [3.8, 4) is 0 Å². The van der Waals surface area contributed by atoms with E-state index in [1.54, 1.807) is 11.3 Å². The van der Waals surface area contributed by atoms with Gasteiger partial charge in [-0.25, -0.2) is 4.98 Å². The normalized spacial score (nSPS) is 15.9. The molecule has 4 aromatic rings. The van der Waals surface area contributed by atoms with E-state index in [0.717, 1.165) is 56.3 Å². The lowest BCUT2D eigenvalue weighted by atomic mass is 10.2. The van der Waals surface area contributed by atoms with E-state index in [9.17, 15) is 0 Å². The van der Waals surface area contributed by atoms with Crippen molar-refractivity contribution in [2.45, 2.75) is 6.42 Å². The summed E-state index contributed by atoms with van der Waals surface area (Å²) < 4.78 is 7.25. The largest absolute Gasteiger partial charge is 0.461 e. The van der Waals surface area contributed by atoms with Crippen LogP contribution in [-0.2, 0) is 6.42 Å². The third kappa shape index (κ3) is 2.97. The molecule has 0 atom stereocenters. The zero-order valence-electron chi connectivity index (χ0n) is 14.6. The van der Waals surface area contributed by atoms with Crippen molar-refractivity contribution in [3.63, 3.8) is 0 Å². The molecule has 3 aromatic heterocycles. The number of nitrogens with zero attached hydrogens (tertiary/aromatic N) is 3. The summed E-state index contributed by atoms with van der Waals surface area (Å²) in [4.78, 5) is 9.60. The third-order valence-corrected chi connectivity index (χ3v) is 6.10. The summed E-state index contributed by atoms with van der Waals surface area (Å²) in [6.45, 7) is 5.26. The molecule has 0 amide bonds. The fourth-order valence-electron chi connectivity index (χ4n) is 3.72. The quantitative estimate of drug-likeness (QED) is 0.538. The molecule has 0 unspecified atom stereocenters. The molecule has 0 aliphatic carbocycles. The van der Waals surface area contributed by atoms with E-state index >= 15 is 0 Å². The van der Waals surface area contributed by atoms with E-state index in [-0.39, 0.29) is 0 Å². The molecule has 4 heterocycles. The number of piperazine rings is 1. The molecule has 5 rings (SSSR count). The lowest BCUT2D eigenvalue weighted by Crippen LogP contribution is -2.47. The second-order valence-corrected chi connectivity index (χ2v) is 7.72. The van der Waals surface area contributed by atoms with Gasteiger partial charge in [0, 0.05) is 50.7 Å². The molecule has 1 aliphatic rings. The number of hydrogen-bond donors (Lipinski definition) is 0. The Balaban J connectivity index is 1.21. The SMILES string of the molecule is c1ccc2oc(CCN3CCN(c4nccc5ccsc45)CC3)cc2c1. The van der Waals surface area contributed by atoms with Gasteiger partial charge in [0.15, 0.2) is 0 Å². The van der Waals surface area contributed by atoms with Crippen LogP contribution in [0.4, 0.5) is 5.82 Å². The highest BCUT2D eigenvalue weighted by Gasteiger charge is 2.20. The van der Waals surface area contributed by atoms with Gasteiger partial charge in [-0.2, -0.15) is 0 Å². The smallest absolute Gasteiger partial charge is 0.146 e. The van der Waals surface area contributed by atoms with Crippen LogP contribution >= 0.6 is 11.3 Å². The lowest BCUT2D eigenvalue weighted by molar-refractivity contribution is 0.255. The Morgan fingerprint density at radius 2 is 1.88 bits per heavy atom. The number of rotatable bonds is 4. The van der Waals surface area contributed by atoms with Crippen molar-refractivity contribution >= 4 is 38.2 Å². The highest BCUT2D eigenvalue weighted by Crippen LogP contribution is 2.29. The summed E-state index contributed by atoms with van der Waals surface area (Å²) >= 11 is 1.79. The minimum Gasteiger partial charge on any atom is -0.461 e. The predicted octanol–water partition coefficient (Wildman–Crippen LogP) is 4.41. The molecular weight excluding hydrogens is 342 g/mol. The van der Waals surface area contributed by atoms with E-state index < -0.39 is 0 Å². The first-order valence-electron chi connectivity index (χ1n) is 9.14. The molecule has 1 saturated heterocycles. The topological polar surface area (TPSA) is 32.5 Å². The molecule has 132 valence electrons. The number of furan rings is 1. The average molecular weight is 363 g/mol. The van der Waals surface area contributed by atoms with Crippen molar-refractivity contribution < 1.29 is 4.42 Å². The first kappa shape index (κ1) is 15.9. The lowest BCUT2D eigenvalue weighted by Gasteiger charge is -2.35. The van der Waals surface area contributed by atoms with Crippen LogP contribution in [0.2, 0.25) is 0 Å². The minimum atomic E-state index is 0.966. The molecule has 0 radical (unpaired) electrons. The number of fused-ring (bicyclic) bond motifs is 2. The Hall–Kier alpha value is -2.37. The Morgan fingerprint density at radius 1 is 1.00 bits per heavy atom. The van der Waals surface area contributed by atoms with Crippen LogP contribution in [0.25, 0.3) is 21.1 Å². The van der Waals surface area contributed by atoms with Gasteiger partial charge in [-0.05, 0) is 35.0 Å². The Kier molecular flexibility index (Phi) is 4.11. The van der Waals surface area contributed by atoms with Gasteiger partial charge < -0.3 is 9.32 Å². The van der Waals surface area contributed by atoms with Crippen LogP contribution < -0.4 is 4.90 Å². The van der Waals surface area contributed by atoms with Crippen LogP contribution in [-0.4, -0.2) is 42.6 Å². The molecule has 1 aliphatic heterocycles. The van der Waals surface area contributed by atoms with Gasteiger partial charge in [-0.3, -0.25) is 4.90 Å². The van der Waals surface area contributed by atoms with Gasteiger partial charge >= 0.3 is 0 Å². The number of hydrogen-bond acceptors (Lipinski definition) is 5. The monoisotopic (exact) mass is 363 g/mol. The molecule has 1 aromatic carbocycles. The van der Waals surface area contributed by atoms with Crippen molar-refractivity contribution in [2.75, 3.05) is 37.6 Å². The minimum absolute atomic E-state index is 0.966. The number of pyridine rings is 1. The van der Waals surface area contributed by atoms with Crippen molar-refractivity contribution in [1.82, 2.24) is 9.88 Å². The van der Waals surface area contributed by atoms with Crippen molar-refractivity contribution in [1.29, 1.82) is 0 Å². The number of para-hydroxylation sites is 1. The van der Waals surface area contributed by atoms with E-state index in [4.69, 9.17) is 4.42 Å². The standard InChI is InChI=1S/C21H21N3OS/c1-2-4-19-17(3-1)15-18(25-19)6-9-23-10-12-24(13-11-23)21-20-16(5-8-22-21)7-14-26-20/h1-5,7-8,14-15H,6,9-13H2. The molecule has 4 nitrogen and oxygen atoms in total. The first-order chi connectivity index (χ1) is 12.9. The Bertz CT molecular complexity index is 997. The highest BCUT2D eigenvalue weighted by molar-refractivity contribution is 7.17. The maximum Gasteiger partial charge on any atom is 0.146 e. The summed E-state index contributed by atoms with van der Waals surface area (Å²) in [6.07, 6.45) is 2.89. The molecule has 0 N–H and O–H groups in total. The summed E-state index contributed by atoms with van der Waals surface area (Å²) in [5.74, 6) is 2.23. The summed E-state index contributed by atoms with van der Waals surface area (Å²) in [5.41, 5.74) is 0.988. The van der Waals surface area contributed by atoms with Gasteiger partial charge in [0.25, 0.3) is 0 Å². The zero-order valence-corrected chi connectivity index (χ0v) is 15.4. The molecule has 0 spiro atoms. The second kappa shape index (κ2) is 6.74. The summed E-state index contributed by atoms with van der Waals surface area (Å²) in [6, 6.07) is 14.7. The Labute approximate surface area is 156 Å². The molecule has 0 saturated carbocycles. The van der Waals surface area contributed by atoms with Gasteiger partial charge in [-0.15, -0.1) is 11.3 Å². The van der Waals surface area contributed by atoms with E-state index in [1.165, 1.54) is 15.5 Å². The second-order valence-electron chi connectivity index (χ2n) is 6.80. The van der Waals surface area contributed by atoms with Crippen LogP contribution in [0.15, 0.2) is 58.5 Å². The van der Waals surface area contributed by atoms with Crippen LogP contribution in [0.1, 0.15) is 5.76 Å². The molecule has 5 heteroatoms. The maximum atomic E-state index is 5.94. The first-order valence-corrected chi connectivity index (χ1v) is 10.0. The third-order valence-electron chi connectivity index (χ3n) is 5.17. The summed E-state index contributed by atoms with van der Waals surface area (Å²) in [7, 11) is 0. The molecular formula is C21H21N3OS. The molecule has 0 bridgehead atoms. The van der Waals surface area contributed by atoms with Gasteiger partial charge in [0.1, 0.15) is 17.2 Å². The van der Waals surface area contributed by atoms with Crippen LogP contribution in [0.3, 0.4) is 0 Å². The fraction of sp³-hybridized carbons (Fsp3) is 0.286. The number of thiophene rings is 1. The van der Waals surface area contributed by atoms with Gasteiger partial charge in [-0.1, -0.05) is 18.2 Å². The molecule has 26 heavy (non-hydrogen) atoms. The maximum absolute atomic E-state index is 5.94. The summed E-state index contributed by atoms with van der Waals surface area (Å²) in [5, 5.41) is 4.65. The number of anilines is 1. The van der Waals surface area contributed by atoms with Gasteiger partial charge in [0.05, 0.1) is 4.70 Å². The Morgan fingerprint density at radius 3 is 2.77 bits per heavy atom. The predicted molar refractivity (Wildman–Crippen MR) is 108 cm³/mol. The van der Waals surface area contributed by atoms with E-state index in [2.05, 4.69) is 50.5 Å². The fourth-order valence-corrected chi connectivity index (χ4v) is 4.63. The van der Waals surface area contributed by atoms with Crippen LogP contribution in [0.5, 0.6) is 0 Å². The highest BCUT2D eigenvalue weighted by atomic mass is 32.1. The zero-order chi connectivity index (χ0) is 17.3. The van der Waals surface area contributed by atoms with Crippen LogP contribution in [0, 0.1) is 0 Å². The number of aromatic nitrogens is 1. The van der Waals surface area contributed by atoms with Crippen molar-refractivity contribution in [2.24, 2.45) is 0 Å². The average Bonchev–Trinajstić information content (AvgIpc) is 3.33. The number of benzene rings is 1. The van der Waals surface area contributed by atoms with Crippen molar-refractivity contribution in [3.05, 3.63) is 59.8 Å². The van der Waals surface area contributed by atoms with E-state index in [0.29, 0.717) is 0 Å².